The topological polar surface area (TPSA) is 46.6 Å². The maximum Gasteiger partial charge on any atom is 0.246 e. The van der Waals surface area contributed by atoms with Crippen molar-refractivity contribution in [3.05, 3.63) is 23.8 Å². The van der Waals surface area contributed by atoms with Crippen molar-refractivity contribution in [1.82, 2.24) is 4.31 Å². The Hall–Kier alpha value is -0.430. The number of thioether (sulfide) groups is 1. The van der Waals surface area contributed by atoms with Crippen LogP contribution < -0.4 is 4.74 Å². The molecule has 0 bridgehead atoms. The van der Waals surface area contributed by atoms with Gasteiger partial charge in [-0.25, -0.2) is 8.42 Å². The van der Waals surface area contributed by atoms with E-state index in [0.29, 0.717) is 11.6 Å². The summed E-state index contributed by atoms with van der Waals surface area (Å²) in [5.74, 6) is 1.57. The quantitative estimate of drug-likeness (QED) is 0.675. The van der Waals surface area contributed by atoms with Gasteiger partial charge in [0.25, 0.3) is 0 Å². The Labute approximate surface area is 136 Å². The molecule has 0 N–H and O–H groups in total. The number of hydrogen-bond acceptors (Lipinski definition) is 4. The molecule has 7 heteroatoms. The summed E-state index contributed by atoms with van der Waals surface area (Å²) in [4.78, 5) is 0.178. The highest BCUT2D eigenvalue weighted by atomic mass is 35.5. The van der Waals surface area contributed by atoms with Crippen molar-refractivity contribution in [2.24, 2.45) is 0 Å². The summed E-state index contributed by atoms with van der Waals surface area (Å²) < 4.78 is 32.1. The Bertz CT molecular complexity index is 563. The van der Waals surface area contributed by atoms with Crippen molar-refractivity contribution in [1.29, 1.82) is 0 Å². The molecule has 0 amide bonds. The van der Waals surface area contributed by atoms with Crippen LogP contribution in [0.3, 0.4) is 0 Å². The first-order valence-electron chi connectivity index (χ1n) is 6.58. The van der Waals surface area contributed by atoms with Crippen LogP contribution in [0.15, 0.2) is 23.1 Å². The molecule has 0 fully saturated rings. The van der Waals surface area contributed by atoms with Crippen molar-refractivity contribution < 1.29 is 13.2 Å². The monoisotopic (exact) mass is 351 g/mol. The summed E-state index contributed by atoms with van der Waals surface area (Å²) in [6.07, 6.45) is 2.81. The van der Waals surface area contributed by atoms with E-state index in [2.05, 4.69) is 0 Å². The van der Waals surface area contributed by atoms with Gasteiger partial charge in [-0.1, -0.05) is 6.07 Å². The molecule has 120 valence electrons. The first-order valence-corrected chi connectivity index (χ1v) is 9.95. The van der Waals surface area contributed by atoms with Gasteiger partial charge in [-0.15, -0.1) is 11.6 Å². The summed E-state index contributed by atoms with van der Waals surface area (Å²) in [7, 11) is -0.512. The molecule has 0 aliphatic carbocycles. The van der Waals surface area contributed by atoms with E-state index < -0.39 is 10.0 Å². The molecule has 1 aromatic carbocycles. The highest BCUT2D eigenvalue weighted by molar-refractivity contribution is 7.98. The van der Waals surface area contributed by atoms with Crippen molar-refractivity contribution in [2.75, 3.05) is 26.2 Å². The molecule has 4 nitrogen and oxygen atoms in total. The molecule has 0 aromatic heterocycles. The van der Waals surface area contributed by atoms with E-state index in [4.69, 9.17) is 16.3 Å². The SMILES string of the molecule is COc1cc(CCl)ccc1S(=O)(=O)N(C)C(C)CCSC. The Kier molecular flexibility index (Phi) is 7.33. The van der Waals surface area contributed by atoms with E-state index in [9.17, 15) is 8.42 Å². The molecular weight excluding hydrogens is 330 g/mol. The van der Waals surface area contributed by atoms with E-state index in [1.54, 1.807) is 37.0 Å². The molecule has 0 radical (unpaired) electrons. The lowest BCUT2D eigenvalue weighted by Gasteiger charge is -2.25. The van der Waals surface area contributed by atoms with E-state index in [1.807, 2.05) is 13.2 Å². The number of halogens is 1. The van der Waals surface area contributed by atoms with Crippen LogP contribution in [0.4, 0.5) is 0 Å². The van der Waals surface area contributed by atoms with Crippen LogP contribution in [-0.4, -0.2) is 44.9 Å². The molecule has 0 spiro atoms. The molecular formula is C14H22ClNO3S2. The van der Waals surface area contributed by atoms with Crippen LogP contribution >= 0.6 is 23.4 Å². The Morgan fingerprint density at radius 2 is 2.10 bits per heavy atom. The van der Waals surface area contributed by atoms with Gasteiger partial charge in [-0.2, -0.15) is 16.1 Å². The third kappa shape index (κ3) is 4.52. The summed E-state index contributed by atoms with van der Waals surface area (Å²) in [5, 5.41) is 0. The van der Waals surface area contributed by atoms with Gasteiger partial charge in [-0.05, 0) is 43.0 Å². The zero-order valence-electron chi connectivity index (χ0n) is 12.8. The minimum absolute atomic E-state index is 0.0696. The molecule has 1 aromatic rings. The summed E-state index contributed by atoms with van der Waals surface area (Å²) in [5.41, 5.74) is 0.825. The fraction of sp³-hybridized carbons (Fsp3) is 0.571. The zero-order chi connectivity index (χ0) is 16.0. The van der Waals surface area contributed by atoms with Crippen molar-refractivity contribution in [3.63, 3.8) is 0 Å². The van der Waals surface area contributed by atoms with Crippen LogP contribution in [-0.2, 0) is 15.9 Å². The first-order chi connectivity index (χ1) is 9.88. The van der Waals surface area contributed by atoms with Crippen molar-refractivity contribution >= 4 is 33.4 Å². The van der Waals surface area contributed by atoms with Crippen molar-refractivity contribution in [3.8, 4) is 5.75 Å². The molecule has 0 saturated heterocycles. The summed E-state index contributed by atoms with van der Waals surface area (Å²) in [6.45, 7) is 1.91. The van der Waals surface area contributed by atoms with Gasteiger partial charge in [0.2, 0.25) is 10.0 Å². The summed E-state index contributed by atoms with van der Waals surface area (Å²) >= 11 is 7.48. The maximum atomic E-state index is 12.7. The zero-order valence-corrected chi connectivity index (χ0v) is 15.2. The molecule has 0 aliphatic rings. The minimum atomic E-state index is -3.58. The lowest BCUT2D eigenvalue weighted by atomic mass is 10.2. The van der Waals surface area contributed by atoms with Gasteiger partial charge in [0, 0.05) is 19.0 Å². The fourth-order valence-corrected chi connectivity index (χ4v) is 4.14. The van der Waals surface area contributed by atoms with Crippen LogP contribution in [0, 0.1) is 0 Å². The fourth-order valence-electron chi connectivity index (χ4n) is 1.87. The van der Waals surface area contributed by atoms with Gasteiger partial charge in [0.15, 0.2) is 0 Å². The highest BCUT2D eigenvalue weighted by Crippen LogP contribution is 2.29. The number of benzene rings is 1. The van der Waals surface area contributed by atoms with Gasteiger partial charge < -0.3 is 4.74 Å². The molecule has 21 heavy (non-hydrogen) atoms. The smallest absolute Gasteiger partial charge is 0.246 e. The highest BCUT2D eigenvalue weighted by Gasteiger charge is 2.28. The minimum Gasteiger partial charge on any atom is -0.495 e. The maximum absolute atomic E-state index is 12.7. The molecule has 0 aliphatic heterocycles. The van der Waals surface area contributed by atoms with Crippen molar-refractivity contribution in [2.45, 2.75) is 30.2 Å². The number of alkyl halides is 1. The number of methoxy groups -OCH3 is 1. The number of rotatable bonds is 8. The van der Waals surface area contributed by atoms with Crippen LogP contribution in [0.25, 0.3) is 0 Å². The third-order valence-electron chi connectivity index (χ3n) is 3.40. The number of ether oxygens (including phenoxy) is 1. The van der Waals surface area contributed by atoms with E-state index in [0.717, 1.165) is 17.7 Å². The van der Waals surface area contributed by atoms with E-state index in [1.165, 1.54) is 11.4 Å². The Morgan fingerprint density at radius 3 is 2.62 bits per heavy atom. The van der Waals surface area contributed by atoms with Gasteiger partial charge in [0.05, 0.1) is 7.11 Å². The molecule has 1 unspecified atom stereocenters. The lowest BCUT2D eigenvalue weighted by Crippen LogP contribution is -2.35. The number of hydrogen-bond donors (Lipinski definition) is 0. The predicted molar refractivity (Wildman–Crippen MR) is 90.0 cm³/mol. The Balaban J connectivity index is 3.12. The molecule has 0 saturated carbocycles. The normalized spacial score (nSPS) is 13.4. The molecule has 1 atom stereocenters. The molecule has 0 heterocycles. The largest absolute Gasteiger partial charge is 0.495 e. The van der Waals surface area contributed by atoms with Crippen LogP contribution in [0.1, 0.15) is 18.9 Å². The number of nitrogens with zero attached hydrogens (tertiary/aromatic N) is 1. The lowest BCUT2D eigenvalue weighted by molar-refractivity contribution is 0.372. The summed E-state index contributed by atoms with van der Waals surface area (Å²) in [6, 6.07) is 4.87. The van der Waals surface area contributed by atoms with Gasteiger partial charge in [0.1, 0.15) is 10.6 Å². The first kappa shape index (κ1) is 18.6. The average Bonchev–Trinajstić information content (AvgIpc) is 2.50. The van der Waals surface area contributed by atoms with E-state index >= 15 is 0 Å². The molecule has 1 rings (SSSR count). The third-order valence-corrected chi connectivity index (χ3v) is 6.36. The number of sulfonamides is 1. The standard InChI is InChI=1S/C14H22ClNO3S2/c1-11(7-8-20-4)16(2)21(17,18)14-6-5-12(10-15)9-13(14)19-3/h5-6,9,11H,7-8,10H2,1-4H3. The van der Waals surface area contributed by atoms with Gasteiger partial charge in [-0.3, -0.25) is 0 Å². The second kappa shape index (κ2) is 8.27. The van der Waals surface area contributed by atoms with Gasteiger partial charge >= 0.3 is 0 Å². The average molecular weight is 352 g/mol. The van der Waals surface area contributed by atoms with Crippen LogP contribution in [0.2, 0.25) is 0 Å². The second-order valence-electron chi connectivity index (χ2n) is 4.77. The second-order valence-corrected chi connectivity index (χ2v) is 7.99. The van der Waals surface area contributed by atoms with Crippen LogP contribution in [0.5, 0.6) is 5.75 Å². The Morgan fingerprint density at radius 1 is 1.43 bits per heavy atom. The predicted octanol–water partition coefficient (Wildman–Crippen LogP) is 3.20. The van der Waals surface area contributed by atoms with E-state index in [-0.39, 0.29) is 10.9 Å².